The van der Waals surface area contributed by atoms with Crippen LogP contribution in [-0.2, 0) is 39.4 Å². The van der Waals surface area contributed by atoms with Crippen LogP contribution in [0, 0.1) is 12.3 Å². The van der Waals surface area contributed by atoms with E-state index in [1.54, 1.807) is 68.5 Å². The number of benzene rings is 4. The summed E-state index contributed by atoms with van der Waals surface area (Å²) in [7, 11) is 0. The first-order valence-corrected chi connectivity index (χ1v) is 27.2. The Morgan fingerprint density at radius 1 is 0.738 bits per heavy atom. The minimum Gasteiger partial charge on any atom is -0.478 e. The van der Waals surface area contributed by atoms with Gasteiger partial charge in [-0.25, -0.2) is 9.59 Å². The molecule has 0 bridgehead atoms. The van der Waals surface area contributed by atoms with E-state index in [1.807, 2.05) is 24.3 Å². The molecule has 0 unspecified atom stereocenters. The van der Waals surface area contributed by atoms with E-state index < -0.39 is 28.7 Å². The normalized spacial score (nSPS) is 15.7. The Balaban J connectivity index is 0.000000225. The molecule has 8 nitrogen and oxygen atoms in total. The molecule has 0 fully saturated rings. The third-order valence-corrected chi connectivity index (χ3v) is 15.1. The molecule has 0 atom stereocenters. The van der Waals surface area contributed by atoms with Crippen molar-refractivity contribution in [2.45, 2.75) is 145 Å². The van der Waals surface area contributed by atoms with Crippen LogP contribution in [0.5, 0.6) is 11.5 Å². The quantitative estimate of drug-likeness (QED) is 0.0567. The lowest BCUT2D eigenvalue weighted by Gasteiger charge is -2.42. The molecule has 7 rings (SSSR count). The Morgan fingerprint density at radius 3 is 1.93 bits per heavy atom. The Labute approximate surface area is 475 Å². The molecule has 12 heteroatoms. The summed E-state index contributed by atoms with van der Waals surface area (Å²) in [5, 5.41) is 17.3. The molecule has 422 valence electrons. The number of halogens is 4. The molecule has 5 aromatic rings. The number of ether oxygens (including phenoxy) is 1. The van der Waals surface area contributed by atoms with Crippen molar-refractivity contribution in [3.63, 3.8) is 0 Å². The summed E-state index contributed by atoms with van der Waals surface area (Å²) >= 11 is 5.61. The highest BCUT2D eigenvalue weighted by molar-refractivity contribution is 6.31. The standard InChI is InChI=1S/C24H19ClF3NO3.C24H28O2.C20H28O2/c1-2-23(31)22-14-19(9-10-29-22)32-18-6-3-15(4-7-18)11-17(30)12-16-5-8-21(25)20(13-16)24(26,27)28;1-15-13-20-21(24(5,6)12-11-23(20,3)4)14-19(15)16(2)17-7-9-18(10-8-17)22(25)26;1-15(8-6-9-16(2)14-19(21)22)11-12-18-17(3)10-7-13-20(18,4)5/h3-10,13-14H,2,11-12H2,1H3;7-10,13-14H,2,11-12H2,1,3-6H3,(H,25,26);6,8-9,11-12,14H,7,10,13H2,1-5H3,(H,21,22)/b;;9-6+,12-11+,15-8+,16-14-. The number of pyridine rings is 1. The summed E-state index contributed by atoms with van der Waals surface area (Å²) in [6.07, 6.45) is 14.6. The third-order valence-electron chi connectivity index (χ3n) is 14.8. The molecule has 1 aromatic heterocycles. The summed E-state index contributed by atoms with van der Waals surface area (Å²) in [6.45, 7) is 28.2. The number of hydrogen-bond acceptors (Lipinski definition) is 6. The second-order valence-corrected chi connectivity index (χ2v) is 23.1. The van der Waals surface area contributed by atoms with Crippen molar-refractivity contribution in [3.8, 4) is 11.5 Å². The number of rotatable bonds is 16. The maximum Gasteiger partial charge on any atom is 0.417 e. The number of carboxylic acids is 2. The minimum atomic E-state index is -4.58. The minimum absolute atomic E-state index is 0.0642. The molecular formula is C68H75ClF3NO7. The van der Waals surface area contributed by atoms with Crippen molar-refractivity contribution in [2.75, 3.05) is 0 Å². The lowest BCUT2D eigenvalue weighted by molar-refractivity contribution is -0.137. The van der Waals surface area contributed by atoms with E-state index in [9.17, 15) is 32.3 Å². The summed E-state index contributed by atoms with van der Waals surface area (Å²) in [4.78, 5) is 49.7. The predicted molar refractivity (Wildman–Crippen MR) is 316 cm³/mol. The van der Waals surface area contributed by atoms with Crippen molar-refractivity contribution in [2.24, 2.45) is 5.41 Å². The maximum atomic E-state index is 13.0. The Morgan fingerprint density at radius 2 is 1.34 bits per heavy atom. The largest absolute Gasteiger partial charge is 0.478 e. The molecule has 0 saturated carbocycles. The summed E-state index contributed by atoms with van der Waals surface area (Å²) in [5.41, 5.74) is 13.2. The molecule has 1 heterocycles. The van der Waals surface area contributed by atoms with Crippen LogP contribution < -0.4 is 4.74 Å². The van der Waals surface area contributed by atoms with E-state index in [1.165, 1.54) is 78.3 Å². The molecule has 0 aliphatic heterocycles. The second kappa shape index (κ2) is 27.2. The van der Waals surface area contributed by atoms with Gasteiger partial charge in [0.05, 0.1) is 16.1 Å². The number of carbonyl (C=O) groups excluding carboxylic acids is 2. The first-order valence-electron chi connectivity index (χ1n) is 26.9. The van der Waals surface area contributed by atoms with Crippen LogP contribution in [0.25, 0.3) is 5.57 Å². The van der Waals surface area contributed by atoms with Crippen LogP contribution in [0.2, 0.25) is 5.02 Å². The van der Waals surface area contributed by atoms with E-state index in [4.69, 9.17) is 26.6 Å². The molecule has 2 aliphatic carbocycles. The van der Waals surface area contributed by atoms with E-state index in [2.05, 4.69) is 98.2 Å². The summed E-state index contributed by atoms with van der Waals surface area (Å²) in [5.74, 6) is -1.17. The molecule has 0 spiro atoms. The number of allylic oxidation sites excluding steroid dienone is 9. The van der Waals surface area contributed by atoms with Crippen LogP contribution in [0.4, 0.5) is 13.2 Å². The van der Waals surface area contributed by atoms with Crippen molar-refractivity contribution >= 4 is 40.7 Å². The fourth-order valence-electron chi connectivity index (χ4n) is 9.93. The second-order valence-electron chi connectivity index (χ2n) is 22.7. The summed E-state index contributed by atoms with van der Waals surface area (Å²) in [6, 6.07) is 25.1. The van der Waals surface area contributed by atoms with Gasteiger partial charge in [-0.2, -0.15) is 13.2 Å². The van der Waals surface area contributed by atoms with Gasteiger partial charge in [0.15, 0.2) is 5.78 Å². The van der Waals surface area contributed by atoms with Crippen molar-refractivity contribution in [3.05, 3.63) is 223 Å². The Bertz CT molecular complexity index is 3260. The highest BCUT2D eigenvalue weighted by atomic mass is 35.5. The number of ketones is 2. The molecule has 0 radical (unpaired) electrons. The molecule has 0 amide bonds. The summed E-state index contributed by atoms with van der Waals surface area (Å²) < 4.78 is 44.7. The number of aromatic carboxylic acids is 1. The van der Waals surface area contributed by atoms with Crippen molar-refractivity contribution in [1.82, 2.24) is 4.98 Å². The van der Waals surface area contributed by atoms with Gasteiger partial charge < -0.3 is 14.9 Å². The van der Waals surface area contributed by atoms with Gasteiger partial charge in [0, 0.05) is 37.6 Å². The van der Waals surface area contributed by atoms with Gasteiger partial charge >= 0.3 is 18.1 Å². The van der Waals surface area contributed by atoms with Gasteiger partial charge in [0.2, 0.25) is 0 Å². The van der Waals surface area contributed by atoms with Gasteiger partial charge in [-0.15, -0.1) is 0 Å². The number of aryl methyl sites for hydroxylation is 1. The molecule has 2 aliphatic rings. The average Bonchev–Trinajstić information content (AvgIpc) is 3.38. The van der Waals surface area contributed by atoms with Gasteiger partial charge in [-0.05, 0) is 174 Å². The zero-order chi connectivity index (χ0) is 59.3. The zero-order valence-electron chi connectivity index (χ0n) is 48.0. The number of carboxylic acid groups (broad SMARTS) is 2. The number of aliphatic carboxylic acids is 1. The number of alkyl halides is 3. The van der Waals surface area contributed by atoms with Gasteiger partial charge in [-0.3, -0.25) is 14.6 Å². The number of Topliss-reactive ketones (excluding diaryl/α,β-unsaturated/α-hetero) is 2. The molecule has 80 heavy (non-hydrogen) atoms. The van der Waals surface area contributed by atoms with Crippen LogP contribution in [0.15, 0.2) is 163 Å². The van der Waals surface area contributed by atoms with Gasteiger partial charge in [0.1, 0.15) is 23.0 Å². The van der Waals surface area contributed by atoms with Gasteiger partial charge in [-0.1, -0.05) is 151 Å². The number of hydrogen-bond donors (Lipinski definition) is 2. The SMILES string of the molecule is C=C(c1ccc(C(=O)O)cc1)c1cc2c(cc1C)C(C)(C)CCC2(C)C.CC1=C(/C=C/C(C)=C/C=C/C(C)=C\C(=O)O)C(C)(C)CCC1.CCC(=O)c1cc(Oc2ccc(CC(=O)Cc3ccc(Cl)c(C(F)(F)F)c3)cc2)ccn1. The van der Waals surface area contributed by atoms with E-state index in [0.717, 1.165) is 40.0 Å². The first kappa shape index (κ1) is 63.5. The van der Waals surface area contributed by atoms with Crippen LogP contribution in [-0.4, -0.2) is 38.7 Å². The smallest absolute Gasteiger partial charge is 0.417 e. The molecule has 2 N–H and O–H groups in total. The number of fused-ring (bicyclic) bond motifs is 1. The topological polar surface area (TPSA) is 131 Å². The maximum absolute atomic E-state index is 13.0. The van der Waals surface area contributed by atoms with Gasteiger partial charge in [0.25, 0.3) is 0 Å². The van der Waals surface area contributed by atoms with Crippen LogP contribution in [0.1, 0.15) is 173 Å². The number of nitrogens with zero attached hydrogens (tertiary/aromatic N) is 1. The zero-order valence-corrected chi connectivity index (χ0v) is 48.7. The fraction of sp³-hybridized carbons (Fsp3) is 0.338. The lowest BCUT2D eigenvalue weighted by atomic mass is 9.62. The first-order chi connectivity index (χ1) is 37.4. The van der Waals surface area contributed by atoms with Crippen molar-refractivity contribution < 1.29 is 47.3 Å². The Kier molecular flexibility index (Phi) is 21.6. The van der Waals surface area contributed by atoms with E-state index >= 15 is 0 Å². The molecular weight excluding hydrogens is 1040 g/mol. The Hall–Kier alpha value is -7.37. The predicted octanol–water partition coefficient (Wildman–Crippen LogP) is 18.2. The third kappa shape index (κ3) is 17.8. The molecule has 4 aromatic carbocycles. The fourth-order valence-corrected chi connectivity index (χ4v) is 10.2. The monoisotopic (exact) mass is 1110 g/mol. The van der Waals surface area contributed by atoms with Crippen LogP contribution in [0.3, 0.4) is 0 Å². The molecule has 0 saturated heterocycles. The van der Waals surface area contributed by atoms with E-state index in [-0.39, 0.29) is 46.2 Å². The number of aromatic nitrogens is 1. The van der Waals surface area contributed by atoms with Crippen LogP contribution >= 0.6 is 11.6 Å². The van der Waals surface area contributed by atoms with Crippen molar-refractivity contribution in [1.29, 1.82) is 0 Å². The average molecular weight is 1110 g/mol. The number of carbonyl (C=O) groups is 4. The lowest BCUT2D eigenvalue weighted by Crippen LogP contribution is -2.34. The highest BCUT2D eigenvalue weighted by Crippen LogP contribution is 2.48. The van der Waals surface area contributed by atoms with E-state index in [0.29, 0.717) is 34.7 Å². The highest BCUT2D eigenvalue weighted by Gasteiger charge is 2.38.